The van der Waals surface area contributed by atoms with Crippen LogP contribution in [0.3, 0.4) is 0 Å². The van der Waals surface area contributed by atoms with Crippen molar-refractivity contribution in [3.8, 4) is 0 Å². The summed E-state index contributed by atoms with van der Waals surface area (Å²) in [5.41, 5.74) is 0.446. The van der Waals surface area contributed by atoms with E-state index in [1.54, 1.807) is 24.3 Å². The largest absolute Gasteiger partial charge is 0.332 e. The molecule has 2 heterocycles. The topological polar surface area (TPSA) is 107 Å². The zero-order valence-corrected chi connectivity index (χ0v) is 16.4. The van der Waals surface area contributed by atoms with E-state index in [0.717, 1.165) is 19.1 Å². The third-order valence-electron chi connectivity index (χ3n) is 3.89. The summed E-state index contributed by atoms with van der Waals surface area (Å²) in [4.78, 5) is 22.8. The number of carbonyl (C=O) groups excluding carboxylic acids is 1. The van der Waals surface area contributed by atoms with Crippen LogP contribution in [0.1, 0.15) is 36.8 Å². The van der Waals surface area contributed by atoms with Crippen LogP contribution < -0.4 is 0 Å². The molecule has 140 valence electrons. The number of amides is 1. The summed E-state index contributed by atoms with van der Waals surface area (Å²) in [5.74, 6) is 0.435. The fraction of sp³-hybridized carbons (Fsp3) is 0.667. The molecule has 0 aromatic carbocycles. The second-order valence-corrected chi connectivity index (χ2v) is 11.9. The minimum atomic E-state index is -3.55. The molecule has 0 aliphatic carbocycles. The molecule has 2 rings (SSSR count). The van der Waals surface area contributed by atoms with E-state index in [9.17, 15) is 17.8 Å². The second-order valence-electron chi connectivity index (χ2n) is 6.67. The first-order valence-electron chi connectivity index (χ1n) is 8.05. The highest BCUT2D eigenvalue weighted by molar-refractivity contribution is 7.85. The van der Waals surface area contributed by atoms with Gasteiger partial charge in [0.05, 0.1) is 25.1 Å². The van der Waals surface area contributed by atoms with Crippen LogP contribution in [0, 0.1) is 0 Å². The van der Waals surface area contributed by atoms with Crippen molar-refractivity contribution in [2.45, 2.75) is 31.9 Å². The summed E-state index contributed by atoms with van der Waals surface area (Å²) >= 11 is 0. The molecular formula is C15H24N3O5PS. The van der Waals surface area contributed by atoms with Crippen molar-refractivity contribution in [2.75, 3.05) is 32.3 Å². The minimum absolute atomic E-state index is 0.0483. The molecule has 1 unspecified atom stereocenters. The maximum absolute atomic E-state index is 12.5. The smallest absolute Gasteiger partial charge is 0.264 e. The van der Waals surface area contributed by atoms with Gasteiger partial charge in [-0.3, -0.25) is 8.98 Å². The predicted molar refractivity (Wildman–Crippen MR) is 94.3 cm³/mol. The van der Waals surface area contributed by atoms with Crippen molar-refractivity contribution in [3.05, 3.63) is 23.8 Å². The Labute approximate surface area is 148 Å². The molecule has 1 fully saturated rings. The van der Waals surface area contributed by atoms with Crippen LogP contribution in [-0.2, 0) is 30.3 Å². The van der Waals surface area contributed by atoms with E-state index in [1.165, 1.54) is 6.20 Å². The quantitative estimate of drug-likeness (QED) is 0.515. The van der Waals surface area contributed by atoms with Gasteiger partial charge in [0.25, 0.3) is 10.1 Å². The maximum Gasteiger partial charge on any atom is 0.264 e. The zero-order chi connectivity index (χ0) is 18.7. The van der Waals surface area contributed by atoms with Crippen LogP contribution >= 0.6 is 7.14 Å². The Morgan fingerprint density at radius 2 is 2.16 bits per heavy atom. The lowest BCUT2D eigenvalue weighted by Gasteiger charge is -2.24. The van der Waals surface area contributed by atoms with Crippen molar-refractivity contribution >= 4 is 23.2 Å². The summed E-state index contributed by atoms with van der Waals surface area (Å²) in [6.45, 7) is 3.81. The Morgan fingerprint density at radius 3 is 2.80 bits per heavy atom. The van der Waals surface area contributed by atoms with Gasteiger partial charge in [-0.25, -0.2) is 9.97 Å². The lowest BCUT2D eigenvalue weighted by Crippen LogP contribution is -2.32. The van der Waals surface area contributed by atoms with Crippen molar-refractivity contribution in [2.24, 2.45) is 0 Å². The van der Waals surface area contributed by atoms with Gasteiger partial charge in [0.15, 0.2) is 5.82 Å². The molecule has 0 saturated carbocycles. The van der Waals surface area contributed by atoms with Gasteiger partial charge in [-0.1, -0.05) is 0 Å². The van der Waals surface area contributed by atoms with Gasteiger partial charge in [-0.05, 0) is 32.2 Å². The molecule has 25 heavy (non-hydrogen) atoms. The molecule has 1 aliphatic rings. The monoisotopic (exact) mass is 389 g/mol. The Kier molecular flexibility index (Phi) is 6.35. The highest BCUT2D eigenvalue weighted by Crippen LogP contribution is 2.37. The number of likely N-dealkylation sites (tertiary alicyclic amines) is 1. The van der Waals surface area contributed by atoms with Crippen LogP contribution in [0.2, 0.25) is 0 Å². The molecule has 1 aliphatic heterocycles. The molecule has 0 bridgehead atoms. The number of rotatable bonds is 7. The van der Waals surface area contributed by atoms with E-state index in [0.29, 0.717) is 24.2 Å². The second kappa shape index (κ2) is 7.93. The molecular weight excluding hydrogens is 365 g/mol. The Hall–Kier alpha value is -1.31. The molecule has 1 saturated heterocycles. The van der Waals surface area contributed by atoms with E-state index in [2.05, 4.69) is 9.97 Å². The summed E-state index contributed by atoms with van der Waals surface area (Å²) in [7, 11) is -5.79. The van der Waals surface area contributed by atoms with E-state index in [-0.39, 0.29) is 25.0 Å². The molecule has 0 spiro atoms. The fourth-order valence-corrected chi connectivity index (χ4v) is 3.73. The zero-order valence-electron chi connectivity index (χ0n) is 14.7. The number of hydrogen-bond acceptors (Lipinski definition) is 7. The first-order chi connectivity index (χ1) is 11.6. The molecule has 1 atom stereocenters. The first-order valence-corrected chi connectivity index (χ1v) is 12.7. The van der Waals surface area contributed by atoms with Crippen LogP contribution in [0.5, 0.6) is 0 Å². The maximum atomic E-state index is 12.5. The molecule has 0 radical (unpaired) electrons. The Bertz CT molecular complexity index is 777. The lowest BCUT2D eigenvalue weighted by molar-refractivity contribution is -0.131. The van der Waals surface area contributed by atoms with Crippen LogP contribution in [0.4, 0.5) is 0 Å². The van der Waals surface area contributed by atoms with Crippen molar-refractivity contribution < 1.29 is 22.0 Å². The highest BCUT2D eigenvalue weighted by atomic mass is 32.2. The first kappa shape index (κ1) is 20.0. The predicted octanol–water partition coefficient (Wildman–Crippen LogP) is 1.63. The molecule has 8 nitrogen and oxygen atoms in total. The SMILES string of the molecule is CP(C)(=O)CCC(=O)N1CCCC1c1nccc(COS(C)(=O)=O)n1. The number of hydrogen-bond donors (Lipinski definition) is 0. The van der Waals surface area contributed by atoms with E-state index < -0.39 is 17.3 Å². The van der Waals surface area contributed by atoms with E-state index in [4.69, 9.17) is 4.18 Å². The van der Waals surface area contributed by atoms with Crippen LogP contribution in [-0.4, -0.2) is 61.5 Å². The number of nitrogens with zero attached hydrogens (tertiary/aromatic N) is 3. The third kappa shape index (κ3) is 6.49. The van der Waals surface area contributed by atoms with Gasteiger partial charge in [0, 0.05) is 25.3 Å². The number of aromatic nitrogens is 2. The van der Waals surface area contributed by atoms with Gasteiger partial charge in [-0.2, -0.15) is 8.42 Å². The van der Waals surface area contributed by atoms with Crippen LogP contribution in [0.15, 0.2) is 12.3 Å². The summed E-state index contributed by atoms with van der Waals surface area (Å²) in [5, 5.41) is 0. The van der Waals surface area contributed by atoms with Crippen molar-refractivity contribution in [1.82, 2.24) is 14.9 Å². The van der Waals surface area contributed by atoms with Crippen molar-refractivity contribution in [3.63, 3.8) is 0 Å². The number of carbonyl (C=O) groups is 1. The van der Waals surface area contributed by atoms with E-state index >= 15 is 0 Å². The molecule has 1 aromatic heterocycles. The third-order valence-corrected chi connectivity index (χ3v) is 5.73. The minimum Gasteiger partial charge on any atom is -0.332 e. The van der Waals surface area contributed by atoms with Crippen LogP contribution in [0.25, 0.3) is 0 Å². The lowest BCUT2D eigenvalue weighted by atomic mass is 10.2. The van der Waals surface area contributed by atoms with Gasteiger partial charge in [0.2, 0.25) is 5.91 Å². The van der Waals surface area contributed by atoms with Gasteiger partial charge >= 0.3 is 0 Å². The summed E-state index contributed by atoms with van der Waals surface area (Å²) in [6, 6.07) is 1.35. The highest BCUT2D eigenvalue weighted by Gasteiger charge is 2.32. The Balaban J connectivity index is 2.08. The molecule has 1 amide bonds. The van der Waals surface area contributed by atoms with Gasteiger partial charge in [-0.15, -0.1) is 0 Å². The molecule has 1 aromatic rings. The van der Waals surface area contributed by atoms with Gasteiger partial charge in [0.1, 0.15) is 6.61 Å². The normalized spacial score (nSPS) is 18.5. The average Bonchev–Trinajstić information content (AvgIpc) is 2.99. The fourth-order valence-electron chi connectivity index (χ4n) is 2.66. The summed E-state index contributed by atoms with van der Waals surface area (Å²) in [6.07, 6.45) is 4.75. The van der Waals surface area contributed by atoms with Gasteiger partial charge < -0.3 is 9.46 Å². The Morgan fingerprint density at radius 1 is 1.44 bits per heavy atom. The standard InChI is InChI=1S/C15H24N3O5PS/c1-24(2,20)10-7-14(19)18-9-4-5-13(18)15-16-8-6-12(17-15)11-23-25(3,21)22/h6,8,13H,4-5,7,9-11H2,1-3H3. The molecule has 0 N–H and O–H groups in total. The average molecular weight is 389 g/mol. The van der Waals surface area contributed by atoms with E-state index in [1.807, 2.05) is 0 Å². The molecule has 10 heteroatoms. The van der Waals surface area contributed by atoms with Crippen molar-refractivity contribution in [1.29, 1.82) is 0 Å². The summed E-state index contributed by atoms with van der Waals surface area (Å²) < 4.78 is 38.8.